The van der Waals surface area contributed by atoms with Crippen LogP contribution in [0.5, 0.6) is 0 Å². The molecule has 0 saturated heterocycles. The molecule has 1 aromatic carbocycles. The highest BCUT2D eigenvalue weighted by Gasteiger charge is 2.29. The molecule has 0 fully saturated rings. The molecule has 0 aromatic heterocycles. The fourth-order valence-corrected chi connectivity index (χ4v) is 2.28. The monoisotopic (exact) mass is 249 g/mol. The first-order valence-corrected chi connectivity index (χ1v) is 6.04. The number of nitrogens with one attached hydrogen (secondary N) is 2. The molecule has 0 saturated carbocycles. The molecule has 0 spiro atoms. The number of benzene rings is 1. The molecule has 2 unspecified atom stereocenters. The van der Waals surface area contributed by atoms with Gasteiger partial charge in [0.05, 0.1) is 6.10 Å². The Labute approximate surface area is 107 Å². The highest BCUT2D eigenvalue weighted by molar-refractivity contribution is 6.03. The SMILES string of the molecule is CNC1C(=O)Nc2cc(N(C)CC(C)O)ccc21. The van der Waals surface area contributed by atoms with E-state index in [0.717, 1.165) is 16.9 Å². The molecule has 2 rings (SSSR count). The summed E-state index contributed by atoms with van der Waals surface area (Å²) in [7, 11) is 3.69. The summed E-state index contributed by atoms with van der Waals surface area (Å²) in [5.41, 5.74) is 2.79. The van der Waals surface area contributed by atoms with Gasteiger partial charge in [0.2, 0.25) is 5.91 Å². The minimum absolute atomic E-state index is 0.0252. The Morgan fingerprint density at radius 1 is 1.56 bits per heavy atom. The Bertz CT molecular complexity index is 460. The molecule has 0 radical (unpaired) electrons. The van der Waals surface area contributed by atoms with Gasteiger partial charge in [0.15, 0.2) is 0 Å². The number of aliphatic hydroxyl groups excluding tert-OH is 1. The predicted octanol–water partition coefficient (Wildman–Crippen LogP) is 0.716. The molecule has 2 atom stereocenters. The lowest BCUT2D eigenvalue weighted by molar-refractivity contribution is -0.117. The molecule has 1 heterocycles. The van der Waals surface area contributed by atoms with Gasteiger partial charge in [-0.15, -0.1) is 0 Å². The molecular formula is C13H19N3O2. The molecule has 0 bridgehead atoms. The van der Waals surface area contributed by atoms with Crippen molar-refractivity contribution in [1.29, 1.82) is 0 Å². The molecule has 1 aliphatic heterocycles. The van der Waals surface area contributed by atoms with Gasteiger partial charge in [0.25, 0.3) is 0 Å². The van der Waals surface area contributed by atoms with Gasteiger partial charge in [-0.1, -0.05) is 6.07 Å². The summed E-state index contributed by atoms with van der Waals surface area (Å²) in [6, 6.07) is 5.58. The van der Waals surface area contributed by atoms with Gasteiger partial charge in [-0.3, -0.25) is 4.79 Å². The molecule has 3 N–H and O–H groups in total. The largest absolute Gasteiger partial charge is 0.392 e. The van der Waals surface area contributed by atoms with Gasteiger partial charge < -0.3 is 20.6 Å². The van der Waals surface area contributed by atoms with Crippen molar-refractivity contribution in [1.82, 2.24) is 5.32 Å². The number of nitrogens with zero attached hydrogens (tertiary/aromatic N) is 1. The number of carbonyl (C=O) groups excluding carboxylic acids is 1. The predicted molar refractivity (Wildman–Crippen MR) is 71.8 cm³/mol. The Balaban J connectivity index is 2.24. The van der Waals surface area contributed by atoms with E-state index in [0.29, 0.717) is 6.54 Å². The van der Waals surface area contributed by atoms with Crippen LogP contribution in [0, 0.1) is 0 Å². The first-order chi connectivity index (χ1) is 8.52. The van der Waals surface area contributed by atoms with Crippen LogP contribution in [-0.2, 0) is 4.79 Å². The third kappa shape index (κ3) is 2.32. The molecule has 98 valence electrons. The van der Waals surface area contributed by atoms with Crippen molar-refractivity contribution in [2.45, 2.75) is 19.1 Å². The van der Waals surface area contributed by atoms with Gasteiger partial charge in [-0.2, -0.15) is 0 Å². The van der Waals surface area contributed by atoms with Gasteiger partial charge in [-0.05, 0) is 26.1 Å². The summed E-state index contributed by atoms with van der Waals surface area (Å²) in [5, 5.41) is 15.2. The zero-order chi connectivity index (χ0) is 13.3. The highest BCUT2D eigenvalue weighted by Crippen LogP contribution is 2.33. The van der Waals surface area contributed by atoms with Crippen LogP contribution in [0.2, 0.25) is 0 Å². The number of rotatable bonds is 4. The van der Waals surface area contributed by atoms with Crippen LogP contribution in [0.1, 0.15) is 18.5 Å². The Kier molecular flexibility index (Phi) is 3.54. The lowest BCUT2D eigenvalue weighted by atomic mass is 10.1. The maximum atomic E-state index is 11.7. The Morgan fingerprint density at radius 2 is 2.28 bits per heavy atom. The second-order valence-electron chi connectivity index (χ2n) is 4.71. The van der Waals surface area contributed by atoms with E-state index in [1.54, 1.807) is 14.0 Å². The zero-order valence-corrected chi connectivity index (χ0v) is 10.9. The summed E-state index contributed by atoms with van der Waals surface area (Å²) >= 11 is 0. The van der Waals surface area contributed by atoms with Crippen LogP contribution in [-0.4, -0.2) is 37.8 Å². The fraction of sp³-hybridized carbons (Fsp3) is 0.462. The van der Waals surface area contributed by atoms with Gasteiger partial charge in [0, 0.05) is 30.5 Å². The minimum atomic E-state index is -0.386. The third-order valence-electron chi connectivity index (χ3n) is 3.14. The highest BCUT2D eigenvalue weighted by atomic mass is 16.3. The normalized spacial score (nSPS) is 19.3. The van der Waals surface area contributed by atoms with Gasteiger partial charge in [0.1, 0.15) is 6.04 Å². The lowest BCUT2D eigenvalue weighted by Crippen LogP contribution is -2.26. The molecule has 5 heteroatoms. The molecule has 0 aliphatic carbocycles. The zero-order valence-electron chi connectivity index (χ0n) is 10.9. The standard InChI is InChI=1S/C13H19N3O2/c1-8(17)7-16(3)9-4-5-10-11(6-9)15-13(18)12(10)14-2/h4-6,8,12,14,17H,7H2,1-3H3,(H,15,18). The van der Waals surface area contributed by atoms with Crippen LogP contribution >= 0.6 is 0 Å². The topological polar surface area (TPSA) is 64.6 Å². The summed E-state index contributed by atoms with van der Waals surface area (Å²) in [6.45, 7) is 2.31. The van der Waals surface area contributed by atoms with E-state index in [1.165, 1.54) is 0 Å². The number of anilines is 2. The Morgan fingerprint density at radius 3 is 2.89 bits per heavy atom. The number of hydrogen-bond acceptors (Lipinski definition) is 4. The number of hydrogen-bond donors (Lipinski definition) is 3. The second-order valence-corrected chi connectivity index (χ2v) is 4.71. The molecule has 18 heavy (non-hydrogen) atoms. The number of fused-ring (bicyclic) bond motifs is 1. The quantitative estimate of drug-likeness (QED) is 0.735. The van der Waals surface area contributed by atoms with Crippen LogP contribution in [0.4, 0.5) is 11.4 Å². The summed E-state index contributed by atoms with van der Waals surface area (Å²) < 4.78 is 0. The average molecular weight is 249 g/mol. The molecule has 1 aromatic rings. The van der Waals surface area contributed by atoms with Crippen molar-refractivity contribution in [2.75, 3.05) is 30.9 Å². The van der Waals surface area contributed by atoms with E-state index >= 15 is 0 Å². The first kappa shape index (κ1) is 12.9. The summed E-state index contributed by atoms with van der Waals surface area (Å²) in [5.74, 6) is -0.0252. The molecular weight excluding hydrogens is 230 g/mol. The second kappa shape index (κ2) is 4.96. The van der Waals surface area contributed by atoms with Crippen molar-refractivity contribution in [2.24, 2.45) is 0 Å². The number of carbonyl (C=O) groups is 1. The van der Waals surface area contributed by atoms with Crippen molar-refractivity contribution in [3.8, 4) is 0 Å². The Hall–Kier alpha value is -1.59. The van der Waals surface area contributed by atoms with Crippen molar-refractivity contribution in [3.63, 3.8) is 0 Å². The van der Waals surface area contributed by atoms with Gasteiger partial charge >= 0.3 is 0 Å². The maximum Gasteiger partial charge on any atom is 0.246 e. The van der Waals surface area contributed by atoms with Crippen molar-refractivity contribution in [3.05, 3.63) is 23.8 Å². The van der Waals surface area contributed by atoms with E-state index < -0.39 is 0 Å². The van der Waals surface area contributed by atoms with Crippen LogP contribution in [0.3, 0.4) is 0 Å². The van der Waals surface area contributed by atoms with Gasteiger partial charge in [-0.25, -0.2) is 0 Å². The fourth-order valence-electron chi connectivity index (χ4n) is 2.28. The number of amides is 1. The minimum Gasteiger partial charge on any atom is -0.392 e. The molecule has 1 amide bonds. The number of aliphatic hydroxyl groups is 1. The van der Waals surface area contributed by atoms with E-state index in [2.05, 4.69) is 10.6 Å². The van der Waals surface area contributed by atoms with E-state index in [9.17, 15) is 9.90 Å². The van der Waals surface area contributed by atoms with Crippen LogP contribution in [0.15, 0.2) is 18.2 Å². The van der Waals surface area contributed by atoms with Crippen molar-refractivity contribution >= 4 is 17.3 Å². The smallest absolute Gasteiger partial charge is 0.246 e. The third-order valence-corrected chi connectivity index (χ3v) is 3.14. The number of likely N-dealkylation sites (N-methyl/N-ethyl adjacent to an activating group) is 2. The first-order valence-electron chi connectivity index (χ1n) is 6.04. The molecule has 5 nitrogen and oxygen atoms in total. The lowest BCUT2D eigenvalue weighted by Gasteiger charge is -2.21. The van der Waals surface area contributed by atoms with E-state index in [-0.39, 0.29) is 18.1 Å². The average Bonchev–Trinajstić information content (AvgIpc) is 2.62. The van der Waals surface area contributed by atoms with Crippen molar-refractivity contribution < 1.29 is 9.90 Å². The maximum absolute atomic E-state index is 11.7. The van der Waals surface area contributed by atoms with Crippen LogP contribution < -0.4 is 15.5 Å². The van der Waals surface area contributed by atoms with E-state index in [4.69, 9.17) is 0 Å². The van der Waals surface area contributed by atoms with Crippen LogP contribution in [0.25, 0.3) is 0 Å². The molecule has 1 aliphatic rings. The summed E-state index contributed by atoms with van der Waals surface area (Å²) in [6.07, 6.45) is -0.386. The van der Waals surface area contributed by atoms with E-state index in [1.807, 2.05) is 30.1 Å². The summed E-state index contributed by atoms with van der Waals surface area (Å²) in [4.78, 5) is 13.7.